The van der Waals surface area contributed by atoms with Gasteiger partial charge in [-0.05, 0) is 32.1 Å². The smallest absolute Gasteiger partial charge is 0.0190 e. The van der Waals surface area contributed by atoms with Gasteiger partial charge in [0.1, 0.15) is 0 Å². The summed E-state index contributed by atoms with van der Waals surface area (Å²) >= 11 is 0. The molecule has 0 saturated heterocycles. The zero-order valence-electron chi connectivity index (χ0n) is 9.43. The van der Waals surface area contributed by atoms with Crippen LogP contribution >= 0.6 is 0 Å². The van der Waals surface area contributed by atoms with Gasteiger partial charge in [0.15, 0.2) is 0 Å². The largest absolute Gasteiger partial charge is 0.327 e. The molecule has 13 heavy (non-hydrogen) atoms. The zero-order valence-corrected chi connectivity index (χ0v) is 9.43. The van der Waals surface area contributed by atoms with Crippen molar-refractivity contribution in [3.05, 3.63) is 0 Å². The normalized spacial score (nSPS) is 31.6. The minimum absolute atomic E-state index is 0.247. The van der Waals surface area contributed by atoms with Crippen molar-refractivity contribution in [3.63, 3.8) is 0 Å². The molecule has 0 spiro atoms. The second kappa shape index (κ2) is 3.97. The third-order valence-electron chi connectivity index (χ3n) is 3.51. The summed E-state index contributed by atoms with van der Waals surface area (Å²) in [5.74, 6) is 0. The lowest BCUT2D eigenvalue weighted by Gasteiger charge is -2.32. The average molecular weight is 184 g/mol. The minimum atomic E-state index is 0.247. The second-order valence-corrected chi connectivity index (χ2v) is 5.25. The van der Waals surface area contributed by atoms with Gasteiger partial charge in [-0.15, -0.1) is 0 Å². The van der Waals surface area contributed by atoms with E-state index in [-0.39, 0.29) is 6.04 Å². The highest BCUT2D eigenvalue weighted by Gasteiger charge is 2.35. The number of nitrogens with one attached hydrogen (secondary N) is 1. The van der Waals surface area contributed by atoms with Gasteiger partial charge < -0.3 is 11.1 Å². The van der Waals surface area contributed by atoms with Crippen LogP contribution in [0.3, 0.4) is 0 Å². The second-order valence-electron chi connectivity index (χ2n) is 5.25. The molecule has 0 amide bonds. The number of hydrogen-bond donors (Lipinski definition) is 2. The molecule has 3 N–H and O–H groups in total. The van der Waals surface area contributed by atoms with E-state index in [1.54, 1.807) is 0 Å². The Kier molecular flexibility index (Phi) is 3.36. The summed E-state index contributed by atoms with van der Waals surface area (Å²) in [6, 6.07) is 1.34. The van der Waals surface area contributed by atoms with Gasteiger partial charge in [-0.2, -0.15) is 0 Å². The molecule has 3 unspecified atom stereocenters. The minimum Gasteiger partial charge on any atom is -0.327 e. The third kappa shape index (κ3) is 2.68. The van der Waals surface area contributed by atoms with Crippen LogP contribution in [0.5, 0.6) is 0 Å². The monoisotopic (exact) mass is 184 g/mol. The molecule has 0 aromatic heterocycles. The predicted octanol–water partition coefficient (Wildman–Crippen LogP) is 1.89. The molecule has 2 nitrogen and oxygen atoms in total. The van der Waals surface area contributed by atoms with Gasteiger partial charge in [0.05, 0.1) is 0 Å². The summed E-state index contributed by atoms with van der Waals surface area (Å²) in [4.78, 5) is 0. The summed E-state index contributed by atoms with van der Waals surface area (Å²) in [5, 5.41) is 3.64. The molecule has 0 aromatic rings. The highest BCUT2D eigenvalue weighted by atomic mass is 15.0. The van der Waals surface area contributed by atoms with Crippen LogP contribution in [0.15, 0.2) is 0 Å². The lowest BCUT2D eigenvalue weighted by molar-refractivity contribution is 0.257. The Labute approximate surface area is 82.3 Å². The maximum Gasteiger partial charge on any atom is 0.0190 e. The van der Waals surface area contributed by atoms with Crippen molar-refractivity contribution in [2.24, 2.45) is 11.1 Å². The topological polar surface area (TPSA) is 38.0 Å². The van der Waals surface area contributed by atoms with Crippen LogP contribution in [0.25, 0.3) is 0 Å². The fourth-order valence-electron chi connectivity index (χ4n) is 2.10. The Morgan fingerprint density at radius 2 is 2.00 bits per heavy atom. The van der Waals surface area contributed by atoms with Crippen molar-refractivity contribution >= 4 is 0 Å². The van der Waals surface area contributed by atoms with E-state index in [2.05, 4.69) is 33.0 Å². The Morgan fingerprint density at radius 1 is 1.38 bits per heavy atom. The van der Waals surface area contributed by atoms with Crippen molar-refractivity contribution in [3.8, 4) is 0 Å². The van der Waals surface area contributed by atoms with E-state index >= 15 is 0 Å². The van der Waals surface area contributed by atoms with Gasteiger partial charge in [-0.3, -0.25) is 0 Å². The van der Waals surface area contributed by atoms with Crippen molar-refractivity contribution in [2.45, 2.75) is 65.1 Å². The van der Waals surface area contributed by atoms with Crippen LogP contribution in [-0.4, -0.2) is 18.1 Å². The molecule has 3 atom stereocenters. The van der Waals surface area contributed by atoms with Crippen molar-refractivity contribution < 1.29 is 0 Å². The average Bonchev–Trinajstić information content (AvgIpc) is 2.30. The van der Waals surface area contributed by atoms with E-state index in [4.69, 9.17) is 5.73 Å². The van der Waals surface area contributed by atoms with E-state index in [9.17, 15) is 0 Å². The fourth-order valence-corrected chi connectivity index (χ4v) is 2.10. The molecule has 0 aliphatic heterocycles. The molecule has 0 aromatic carbocycles. The lowest BCUT2D eigenvalue weighted by atomic mass is 9.87. The highest BCUT2D eigenvalue weighted by Crippen LogP contribution is 2.37. The maximum absolute atomic E-state index is 5.84. The Bertz CT molecular complexity index is 163. The van der Waals surface area contributed by atoms with Crippen molar-refractivity contribution in [1.29, 1.82) is 0 Å². The van der Waals surface area contributed by atoms with E-state index in [0.717, 1.165) is 0 Å². The van der Waals surface area contributed by atoms with E-state index in [0.29, 0.717) is 17.5 Å². The molecule has 0 radical (unpaired) electrons. The van der Waals surface area contributed by atoms with Crippen LogP contribution in [0.2, 0.25) is 0 Å². The first-order valence-corrected chi connectivity index (χ1v) is 5.45. The molecule has 1 rings (SSSR count). The Hall–Kier alpha value is -0.0800. The van der Waals surface area contributed by atoms with E-state index in [1.165, 1.54) is 19.3 Å². The molecule has 1 saturated carbocycles. The zero-order chi connectivity index (χ0) is 10.1. The SMILES string of the molecule is CC(N)C(C)NC1CCCC1(C)C. The summed E-state index contributed by atoms with van der Waals surface area (Å²) in [5.41, 5.74) is 6.30. The van der Waals surface area contributed by atoms with Gasteiger partial charge in [0.2, 0.25) is 0 Å². The van der Waals surface area contributed by atoms with Gasteiger partial charge in [0.25, 0.3) is 0 Å². The molecule has 2 heteroatoms. The number of rotatable bonds is 3. The van der Waals surface area contributed by atoms with E-state index in [1.807, 2.05) is 0 Å². The van der Waals surface area contributed by atoms with Crippen LogP contribution in [0.4, 0.5) is 0 Å². The molecule has 78 valence electrons. The fraction of sp³-hybridized carbons (Fsp3) is 1.00. The molecular weight excluding hydrogens is 160 g/mol. The van der Waals surface area contributed by atoms with Crippen molar-refractivity contribution in [1.82, 2.24) is 5.32 Å². The number of hydrogen-bond acceptors (Lipinski definition) is 2. The molecule has 1 fully saturated rings. The molecule has 1 aliphatic carbocycles. The van der Waals surface area contributed by atoms with Gasteiger partial charge in [0, 0.05) is 18.1 Å². The summed E-state index contributed by atoms with van der Waals surface area (Å²) in [7, 11) is 0. The lowest BCUT2D eigenvalue weighted by Crippen LogP contribution is -2.49. The Morgan fingerprint density at radius 3 is 2.38 bits per heavy atom. The van der Waals surface area contributed by atoms with E-state index < -0.39 is 0 Å². The highest BCUT2D eigenvalue weighted by molar-refractivity contribution is 4.92. The van der Waals surface area contributed by atoms with Gasteiger partial charge in [-0.25, -0.2) is 0 Å². The third-order valence-corrected chi connectivity index (χ3v) is 3.51. The predicted molar refractivity (Wildman–Crippen MR) is 57.7 cm³/mol. The number of nitrogens with two attached hydrogens (primary N) is 1. The van der Waals surface area contributed by atoms with Crippen LogP contribution in [0.1, 0.15) is 47.0 Å². The molecule has 1 aliphatic rings. The Balaban J connectivity index is 2.45. The van der Waals surface area contributed by atoms with Gasteiger partial charge >= 0.3 is 0 Å². The van der Waals surface area contributed by atoms with Crippen LogP contribution in [-0.2, 0) is 0 Å². The van der Waals surface area contributed by atoms with Gasteiger partial charge in [-0.1, -0.05) is 20.3 Å². The molecular formula is C11H24N2. The standard InChI is InChI=1S/C11H24N2/c1-8(12)9(2)13-10-6-5-7-11(10,3)4/h8-10,13H,5-7,12H2,1-4H3. The van der Waals surface area contributed by atoms with Crippen LogP contribution < -0.4 is 11.1 Å². The first-order valence-electron chi connectivity index (χ1n) is 5.45. The molecule has 0 bridgehead atoms. The summed E-state index contributed by atoms with van der Waals surface area (Å²) in [6.07, 6.45) is 4.01. The quantitative estimate of drug-likeness (QED) is 0.703. The summed E-state index contributed by atoms with van der Waals surface area (Å²) < 4.78 is 0. The van der Waals surface area contributed by atoms with Crippen LogP contribution in [0, 0.1) is 5.41 Å². The first-order chi connectivity index (χ1) is 5.93. The maximum atomic E-state index is 5.84. The first kappa shape index (κ1) is 11.0. The summed E-state index contributed by atoms with van der Waals surface area (Å²) in [6.45, 7) is 8.95. The molecule has 0 heterocycles. The van der Waals surface area contributed by atoms with Crippen molar-refractivity contribution in [2.75, 3.05) is 0 Å².